The molecule has 0 aliphatic heterocycles. The summed E-state index contributed by atoms with van der Waals surface area (Å²) in [4.78, 5) is 4.71. The zero-order valence-corrected chi connectivity index (χ0v) is 24.9. The van der Waals surface area contributed by atoms with Crippen LogP contribution in [-0.4, -0.2) is 11.3 Å². The van der Waals surface area contributed by atoms with Crippen LogP contribution in [-0.2, 0) is 26.3 Å². The number of para-hydroxylation sites is 1. The van der Waals surface area contributed by atoms with Gasteiger partial charge in [-0.15, -0.1) is 0 Å². The van der Waals surface area contributed by atoms with E-state index >= 15 is 0 Å². The van der Waals surface area contributed by atoms with Crippen molar-refractivity contribution in [2.45, 2.75) is 12.3 Å². The second-order valence-corrected chi connectivity index (χ2v) is 12.5. The van der Waals surface area contributed by atoms with Gasteiger partial charge in [0.1, 0.15) is 5.75 Å². The van der Waals surface area contributed by atoms with Crippen molar-refractivity contribution in [3.8, 4) is 16.9 Å². The molecule has 188 valence electrons. The van der Waals surface area contributed by atoms with Gasteiger partial charge in [0, 0.05) is 22.8 Å². The van der Waals surface area contributed by atoms with E-state index in [1.54, 1.807) is 6.21 Å². The fraction of sp³-hybridized carbons (Fsp3) is 0.0606. The normalized spacial score (nSPS) is 11.0. The van der Waals surface area contributed by atoms with E-state index in [-0.39, 0.29) is 5.75 Å². The van der Waals surface area contributed by atoms with E-state index in [2.05, 4.69) is 55.5 Å². The third kappa shape index (κ3) is 6.35. The van der Waals surface area contributed by atoms with Crippen LogP contribution in [0.3, 0.4) is 0 Å². The van der Waals surface area contributed by atoms with Gasteiger partial charge in [-0.05, 0) is 41.3 Å². The number of aliphatic imine (C=N–C) groups is 1. The van der Waals surface area contributed by atoms with Crippen molar-refractivity contribution in [1.82, 2.24) is 0 Å². The molecule has 0 aliphatic rings. The van der Waals surface area contributed by atoms with E-state index < -0.39 is 26.3 Å². The number of phenolic OH excluding ortho intramolecular Hbond substituents is 1. The number of aromatic hydroxyl groups is 1. The predicted octanol–water partition coefficient (Wildman–Crippen LogP) is 9.54. The van der Waals surface area contributed by atoms with Crippen LogP contribution in [0.2, 0.25) is 0 Å². The van der Waals surface area contributed by atoms with Gasteiger partial charge in [-0.2, -0.15) is 0 Å². The number of hydrogen-bond acceptors (Lipinski definition) is 2. The monoisotopic (exact) mass is 613 g/mol. The summed E-state index contributed by atoms with van der Waals surface area (Å²) < 4.78 is 0. The molecule has 38 heavy (non-hydrogen) atoms. The summed E-state index contributed by atoms with van der Waals surface area (Å²) in [5.74, 6) is 0.237. The van der Waals surface area contributed by atoms with E-state index in [9.17, 15) is 5.11 Å². The molecule has 0 heterocycles. The fourth-order valence-corrected chi connectivity index (χ4v) is 4.69. The van der Waals surface area contributed by atoms with Gasteiger partial charge >= 0.3 is 37.9 Å². The van der Waals surface area contributed by atoms with Crippen molar-refractivity contribution >= 4 is 28.9 Å². The number of phenols is 1. The van der Waals surface area contributed by atoms with E-state index in [1.807, 2.05) is 84.9 Å². The molecule has 5 aromatic rings. The number of halogens is 2. The van der Waals surface area contributed by atoms with Crippen LogP contribution in [0, 0.1) is 0 Å². The van der Waals surface area contributed by atoms with Gasteiger partial charge in [0.15, 0.2) is 0 Å². The molecule has 1 N–H and O–H groups in total. The quantitative estimate of drug-likeness (QED) is 0.150. The molecule has 0 fully saturated rings. The number of rotatable bonds is 6. The molecule has 2 nitrogen and oxygen atoms in total. The summed E-state index contributed by atoms with van der Waals surface area (Å²) >= 11 is -0.826. The van der Waals surface area contributed by atoms with Crippen molar-refractivity contribution in [1.29, 1.82) is 0 Å². The summed E-state index contributed by atoms with van der Waals surface area (Å²) in [6, 6.07) is 44.8. The van der Waals surface area contributed by atoms with Gasteiger partial charge < -0.3 is 5.11 Å². The van der Waals surface area contributed by atoms with Crippen LogP contribution in [0.15, 0.2) is 138 Å². The van der Waals surface area contributed by atoms with Gasteiger partial charge in [-0.25, -0.2) is 0 Å². The molecule has 0 saturated heterocycles. The zero-order chi connectivity index (χ0) is 26.8. The Bertz CT molecular complexity index is 1420. The van der Waals surface area contributed by atoms with E-state index in [1.165, 1.54) is 0 Å². The predicted molar refractivity (Wildman–Crippen MR) is 157 cm³/mol. The van der Waals surface area contributed by atoms with Crippen LogP contribution in [0.1, 0.15) is 29.2 Å². The molecule has 0 bridgehead atoms. The SMILES string of the molecule is CC(c1ccccc1)(c1ccccc1)c1ccc(-c2ccccc2)c(C=Nc2ccccc2)c1O.[Cl][Zr][Cl]. The van der Waals surface area contributed by atoms with Crippen molar-refractivity contribution in [2.24, 2.45) is 4.99 Å². The third-order valence-corrected chi connectivity index (χ3v) is 6.64. The summed E-state index contributed by atoms with van der Waals surface area (Å²) in [7, 11) is 9.87. The Morgan fingerprint density at radius 2 is 1.11 bits per heavy atom. The number of benzene rings is 5. The second kappa shape index (κ2) is 13.7. The average molecular weight is 616 g/mol. The molecule has 5 aromatic carbocycles. The Kier molecular flexibility index (Phi) is 10.1. The van der Waals surface area contributed by atoms with Gasteiger partial charge in [0.2, 0.25) is 0 Å². The minimum atomic E-state index is -0.826. The maximum absolute atomic E-state index is 11.9. The van der Waals surface area contributed by atoms with Gasteiger partial charge in [0.25, 0.3) is 0 Å². The molecule has 0 amide bonds. The Morgan fingerprint density at radius 1 is 0.658 bits per heavy atom. The molecule has 0 radical (unpaired) electrons. The molecule has 0 spiro atoms. The van der Waals surface area contributed by atoms with Crippen molar-refractivity contribution in [3.05, 3.63) is 156 Å². The van der Waals surface area contributed by atoms with Gasteiger partial charge in [-0.1, -0.05) is 121 Å². The van der Waals surface area contributed by atoms with Crippen LogP contribution < -0.4 is 0 Å². The van der Waals surface area contributed by atoms with Crippen molar-refractivity contribution in [3.63, 3.8) is 0 Å². The Morgan fingerprint density at radius 3 is 1.61 bits per heavy atom. The van der Waals surface area contributed by atoms with E-state index in [0.29, 0.717) is 5.56 Å². The van der Waals surface area contributed by atoms with Crippen LogP contribution in [0.25, 0.3) is 11.1 Å². The van der Waals surface area contributed by atoms with Gasteiger partial charge in [-0.3, -0.25) is 4.99 Å². The molecule has 0 aliphatic carbocycles. The summed E-state index contributed by atoms with van der Waals surface area (Å²) in [5.41, 5.74) is 6.02. The first-order valence-electron chi connectivity index (χ1n) is 12.2. The van der Waals surface area contributed by atoms with Crippen molar-refractivity contribution in [2.75, 3.05) is 0 Å². The number of nitrogens with zero attached hydrogens (tertiary/aromatic N) is 1. The standard InChI is InChI=1S/C33H27NO.2ClH.Zr/c1-33(26-16-8-3-9-17-26,27-18-10-4-11-19-27)31-23-22-29(25-14-6-2-7-15-25)30(32(31)35)24-34-28-20-12-5-13-21-28;;;/h2-24,35H,1H3;2*1H;/q;;;+2/p-2. The summed E-state index contributed by atoms with van der Waals surface area (Å²) in [6.07, 6.45) is 1.78. The molecule has 0 unspecified atom stereocenters. The first-order valence-corrected chi connectivity index (χ1v) is 18.5. The van der Waals surface area contributed by atoms with E-state index in [4.69, 9.17) is 22.0 Å². The average Bonchev–Trinajstić information content (AvgIpc) is 2.98. The summed E-state index contributed by atoms with van der Waals surface area (Å²) in [6.45, 7) is 2.17. The molecule has 0 atom stereocenters. The molecule has 5 heteroatoms. The number of hydrogen-bond donors (Lipinski definition) is 1. The Hall–Kier alpha value is -2.97. The Labute approximate surface area is 243 Å². The van der Waals surface area contributed by atoms with Crippen LogP contribution in [0.5, 0.6) is 5.75 Å². The first-order chi connectivity index (χ1) is 18.6. The molecule has 5 rings (SSSR count). The topological polar surface area (TPSA) is 32.6 Å². The van der Waals surface area contributed by atoms with Crippen molar-refractivity contribution < 1.29 is 26.0 Å². The second-order valence-electron chi connectivity index (χ2n) is 8.81. The molecule has 0 saturated carbocycles. The van der Waals surface area contributed by atoms with Crippen LogP contribution >= 0.6 is 17.0 Å². The fourth-order valence-electron chi connectivity index (χ4n) is 4.69. The Balaban J connectivity index is 0.00000107. The molecule has 0 aromatic heterocycles. The minimum absolute atomic E-state index is 0.237. The van der Waals surface area contributed by atoms with Crippen LogP contribution in [0.4, 0.5) is 5.69 Å². The first kappa shape index (κ1) is 28.1. The molecular formula is C33H27Cl2NOZr. The summed E-state index contributed by atoms with van der Waals surface area (Å²) in [5, 5.41) is 11.9. The third-order valence-electron chi connectivity index (χ3n) is 6.64. The maximum atomic E-state index is 11.9. The van der Waals surface area contributed by atoms with E-state index in [0.717, 1.165) is 33.5 Å². The van der Waals surface area contributed by atoms with Gasteiger partial charge in [0.05, 0.1) is 5.69 Å². The molecular weight excluding hydrogens is 588 g/mol. The zero-order valence-electron chi connectivity index (χ0n) is 20.9.